The highest BCUT2D eigenvalue weighted by Gasteiger charge is 2.11. The van der Waals surface area contributed by atoms with Crippen LogP contribution in [0.25, 0.3) is 10.9 Å². The number of fused-ring (bicyclic) bond motifs is 1. The minimum Gasteiger partial charge on any atom is -0.508 e. The average molecular weight is 327 g/mol. The number of phenols is 1. The number of aryl methyl sites for hydroxylation is 1. The number of phenolic OH excluding ortho intramolecular Hbond substituents is 1. The number of rotatable bonds is 5. The standard InChI is InChI=1S/C18H17NO3S/c20-9-3-4-13-12-19(18-8-7-15(22)11-17(13)18)23-16-6-2-1-5-14(21)10-16/h1,5-12,21-22H,2-4H2. The van der Waals surface area contributed by atoms with Gasteiger partial charge >= 0.3 is 0 Å². The van der Waals surface area contributed by atoms with Gasteiger partial charge in [-0.3, -0.25) is 3.97 Å². The molecule has 0 unspecified atom stereocenters. The van der Waals surface area contributed by atoms with Crippen LogP contribution in [0.3, 0.4) is 0 Å². The zero-order valence-corrected chi connectivity index (χ0v) is 13.3. The first-order valence-electron chi connectivity index (χ1n) is 7.39. The lowest BCUT2D eigenvalue weighted by Gasteiger charge is -2.05. The first-order chi connectivity index (χ1) is 11.2. The van der Waals surface area contributed by atoms with Crippen LogP contribution in [0.4, 0.5) is 0 Å². The number of allylic oxidation sites excluding steroid dienone is 4. The van der Waals surface area contributed by atoms with Gasteiger partial charge in [-0.05, 0) is 60.7 Å². The highest BCUT2D eigenvalue weighted by Crippen LogP contribution is 2.33. The van der Waals surface area contributed by atoms with E-state index in [4.69, 9.17) is 0 Å². The van der Waals surface area contributed by atoms with E-state index in [0.717, 1.165) is 34.1 Å². The molecule has 0 bridgehead atoms. The van der Waals surface area contributed by atoms with Crippen LogP contribution in [0.15, 0.2) is 59.4 Å². The molecule has 1 aliphatic carbocycles. The Balaban J connectivity index is 1.99. The van der Waals surface area contributed by atoms with Crippen molar-refractivity contribution in [1.82, 2.24) is 3.97 Å². The summed E-state index contributed by atoms with van der Waals surface area (Å²) in [5, 5.41) is 20.4. The third-order valence-corrected chi connectivity index (χ3v) is 4.60. The molecule has 2 N–H and O–H groups in total. The average Bonchev–Trinajstić information content (AvgIpc) is 2.71. The number of aromatic hydroxyl groups is 1. The van der Waals surface area contributed by atoms with Crippen molar-refractivity contribution in [2.24, 2.45) is 0 Å². The Morgan fingerprint density at radius 3 is 3.00 bits per heavy atom. The monoisotopic (exact) mass is 327 g/mol. The van der Waals surface area contributed by atoms with Gasteiger partial charge in [0.05, 0.1) is 5.52 Å². The Hall–Kier alpha value is -2.40. The predicted octanol–water partition coefficient (Wildman–Crippen LogP) is 4.26. The van der Waals surface area contributed by atoms with Gasteiger partial charge in [-0.1, -0.05) is 12.2 Å². The maximum atomic E-state index is 10.7. The van der Waals surface area contributed by atoms with E-state index in [1.54, 1.807) is 24.3 Å². The number of carbonyl (C=O) groups excluding carboxylic acids is 1. The molecule has 4 nitrogen and oxygen atoms in total. The molecule has 3 rings (SSSR count). The van der Waals surface area contributed by atoms with E-state index in [9.17, 15) is 15.0 Å². The minimum absolute atomic E-state index is 0.211. The van der Waals surface area contributed by atoms with Crippen molar-refractivity contribution in [1.29, 1.82) is 0 Å². The van der Waals surface area contributed by atoms with Gasteiger partial charge in [0, 0.05) is 22.9 Å². The van der Waals surface area contributed by atoms with E-state index in [2.05, 4.69) is 0 Å². The molecule has 23 heavy (non-hydrogen) atoms. The molecule has 1 aromatic heterocycles. The second-order valence-corrected chi connectivity index (χ2v) is 6.34. The fourth-order valence-electron chi connectivity index (χ4n) is 2.55. The molecular weight excluding hydrogens is 310 g/mol. The quantitative estimate of drug-likeness (QED) is 0.806. The molecule has 0 aliphatic heterocycles. The number of hydrogen-bond acceptors (Lipinski definition) is 4. The predicted molar refractivity (Wildman–Crippen MR) is 93.5 cm³/mol. The lowest BCUT2D eigenvalue weighted by atomic mass is 10.1. The molecule has 1 aromatic carbocycles. The Kier molecular flexibility index (Phi) is 4.57. The Bertz CT molecular complexity index is 830. The van der Waals surface area contributed by atoms with Crippen molar-refractivity contribution in [3.05, 3.63) is 64.9 Å². The summed E-state index contributed by atoms with van der Waals surface area (Å²) in [6.45, 7) is 0. The number of aldehydes is 1. The van der Waals surface area contributed by atoms with Gasteiger partial charge in [-0.25, -0.2) is 0 Å². The van der Waals surface area contributed by atoms with Crippen molar-refractivity contribution in [2.45, 2.75) is 19.3 Å². The third kappa shape index (κ3) is 3.51. The number of benzene rings is 1. The Labute approximate surface area is 138 Å². The molecule has 1 heterocycles. The van der Waals surface area contributed by atoms with Crippen LogP contribution < -0.4 is 0 Å². The largest absolute Gasteiger partial charge is 0.508 e. The highest BCUT2D eigenvalue weighted by atomic mass is 32.2. The molecule has 0 fully saturated rings. The van der Waals surface area contributed by atoms with Crippen molar-refractivity contribution >= 4 is 29.1 Å². The van der Waals surface area contributed by atoms with Crippen molar-refractivity contribution in [3.63, 3.8) is 0 Å². The number of carbonyl (C=O) groups is 1. The molecule has 0 saturated carbocycles. The van der Waals surface area contributed by atoms with Crippen molar-refractivity contribution in [3.8, 4) is 5.75 Å². The van der Waals surface area contributed by atoms with E-state index >= 15 is 0 Å². The van der Waals surface area contributed by atoms with Crippen LogP contribution in [-0.4, -0.2) is 20.5 Å². The molecule has 0 amide bonds. The molecule has 118 valence electrons. The van der Waals surface area contributed by atoms with Crippen LogP contribution in [0.1, 0.15) is 18.4 Å². The maximum Gasteiger partial charge on any atom is 0.120 e. The van der Waals surface area contributed by atoms with Crippen LogP contribution in [-0.2, 0) is 11.2 Å². The van der Waals surface area contributed by atoms with Gasteiger partial charge in [-0.15, -0.1) is 0 Å². The fraction of sp³-hybridized carbons (Fsp3) is 0.167. The number of aromatic nitrogens is 1. The second kappa shape index (κ2) is 6.79. The van der Waals surface area contributed by atoms with Crippen LogP contribution in [0, 0.1) is 0 Å². The molecular formula is C18H17NO3S. The number of nitrogens with zero attached hydrogens (tertiary/aromatic N) is 1. The lowest BCUT2D eigenvalue weighted by molar-refractivity contribution is -0.107. The molecule has 2 aromatic rings. The molecule has 5 heteroatoms. The zero-order valence-electron chi connectivity index (χ0n) is 12.5. The van der Waals surface area contributed by atoms with Crippen LogP contribution in [0.2, 0.25) is 0 Å². The van der Waals surface area contributed by atoms with E-state index in [0.29, 0.717) is 12.8 Å². The summed E-state index contributed by atoms with van der Waals surface area (Å²) in [5.74, 6) is 0.444. The maximum absolute atomic E-state index is 10.7. The summed E-state index contributed by atoms with van der Waals surface area (Å²) in [4.78, 5) is 11.6. The topological polar surface area (TPSA) is 62.5 Å². The molecule has 0 atom stereocenters. The number of aliphatic hydroxyl groups excluding tert-OH is 1. The summed E-state index contributed by atoms with van der Waals surface area (Å²) >= 11 is 1.50. The summed E-state index contributed by atoms with van der Waals surface area (Å²) in [6.07, 6.45) is 12.1. The minimum atomic E-state index is 0.211. The SMILES string of the molecule is O=CCCc1cn(SC2=CCC=CC(O)=C2)c2ccc(O)cc12. The number of hydrogen-bond donors (Lipinski definition) is 2. The van der Waals surface area contributed by atoms with Crippen molar-refractivity contribution < 1.29 is 15.0 Å². The van der Waals surface area contributed by atoms with E-state index < -0.39 is 0 Å². The Morgan fingerprint density at radius 1 is 1.30 bits per heavy atom. The fourth-order valence-corrected chi connectivity index (χ4v) is 3.55. The summed E-state index contributed by atoms with van der Waals surface area (Å²) < 4.78 is 2.01. The number of aliphatic hydroxyl groups is 1. The summed E-state index contributed by atoms with van der Waals surface area (Å²) in [6, 6.07) is 5.24. The molecule has 0 radical (unpaired) electrons. The first kappa shape index (κ1) is 15.5. The Morgan fingerprint density at radius 2 is 2.17 bits per heavy atom. The van der Waals surface area contributed by atoms with Crippen LogP contribution in [0.5, 0.6) is 5.75 Å². The van der Waals surface area contributed by atoms with E-state index in [1.807, 2.05) is 28.4 Å². The summed E-state index contributed by atoms with van der Waals surface area (Å²) in [7, 11) is 0. The van der Waals surface area contributed by atoms with E-state index in [-0.39, 0.29) is 11.5 Å². The van der Waals surface area contributed by atoms with E-state index in [1.165, 1.54) is 11.9 Å². The third-order valence-electron chi connectivity index (χ3n) is 3.61. The lowest BCUT2D eigenvalue weighted by Crippen LogP contribution is -1.86. The first-order valence-corrected chi connectivity index (χ1v) is 8.17. The van der Waals surface area contributed by atoms with Gasteiger partial charge in [0.2, 0.25) is 0 Å². The highest BCUT2D eigenvalue weighted by molar-refractivity contribution is 8.02. The van der Waals surface area contributed by atoms with Crippen molar-refractivity contribution in [2.75, 3.05) is 0 Å². The molecule has 1 aliphatic rings. The molecule has 0 spiro atoms. The normalized spacial score (nSPS) is 14.4. The van der Waals surface area contributed by atoms with Gasteiger partial charge in [0.1, 0.15) is 17.8 Å². The zero-order chi connectivity index (χ0) is 16.2. The summed E-state index contributed by atoms with van der Waals surface area (Å²) in [5.41, 5.74) is 2.00. The van der Waals surface area contributed by atoms with Gasteiger partial charge < -0.3 is 15.0 Å². The smallest absolute Gasteiger partial charge is 0.120 e. The second-order valence-electron chi connectivity index (χ2n) is 5.29. The molecule has 0 saturated heterocycles. The van der Waals surface area contributed by atoms with Gasteiger partial charge in [-0.2, -0.15) is 0 Å². The van der Waals surface area contributed by atoms with Gasteiger partial charge in [0.25, 0.3) is 0 Å². The van der Waals surface area contributed by atoms with Gasteiger partial charge in [0.15, 0.2) is 0 Å². The van der Waals surface area contributed by atoms with Crippen LogP contribution >= 0.6 is 11.9 Å².